The monoisotopic (exact) mass is 628 g/mol. The first-order valence-electron chi connectivity index (χ1n) is 19.8. The predicted molar refractivity (Wildman–Crippen MR) is 195 cm³/mol. The van der Waals surface area contributed by atoms with Crippen LogP contribution in [0.5, 0.6) is 0 Å². The molecule has 2 N–H and O–H groups in total. The Bertz CT molecular complexity index is 552. The average molecular weight is 628 g/mol. The summed E-state index contributed by atoms with van der Waals surface area (Å²) < 4.78 is 1.76. The highest BCUT2D eigenvalue weighted by atomic mass is 16.3. The maximum absolute atomic E-state index is 11.1. The molecule has 0 amide bonds. The second-order valence-corrected chi connectivity index (χ2v) is 15.8. The maximum atomic E-state index is 11.1. The van der Waals surface area contributed by atoms with Gasteiger partial charge in [-0.15, -0.1) is 0 Å². The second kappa shape index (κ2) is 29.0. The molecule has 0 heterocycles. The molecule has 2 unspecified atom stereocenters. The Kier molecular flexibility index (Phi) is 28.8. The van der Waals surface area contributed by atoms with E-state index in [1.165, 1.54) is 141 Å². The lowest BCUT2D eigenvalue weighted by molar-refractivity contribution is -0.893. The molecule has 266 valence electrons. The zero-order chi connectivity index (χ0) is 32.9. The van der Waals surface area contributed by atoms with Gasteiger partial charge in [0.25, 0.3) is 0 Å². The molecule has 44 heavy (non-hydrogen) atoms. The van der Waals surface area contributed by atoms with Gasteiger partial charge in [0, 0.05) is 13.1 Å². The molecular formula is C39H85N3O2+2. The summed E-state index contributed by atoms with van der Waals surface area (Å²) in [5, 5.41) is 22.3. The van der Waals surface area contributed by atoms with E-state index in [-0.39, 0.29) is 12.2 Å². The smallest absolute Gasteiger partial charge is 0.115 e. The summed E-state index contributed by atoms with van der Waals surface area (Å²) in [6.07, 6.45) is 30.2. The molecule has 5 heteroatoms. The van der Waals surface area contributed by atoms with Crippen LogP contribution in [0, 0.1) is 0 Å². The van der Waals surface area contributed by atoms with Crippen molar-refractivity contribution in [3.63, 3.8) is 0 Å². The lowest BCUT2D eigenvalue weighted by Crippen LogP contribution is -2.52. The number of unbranched alkanes of at least 4 members (excludes halogenated alkanes) is 20. The highest BCUT2D eigenvalue weighted by Gasteiger charge is 2.26. The third-order valence-electron chi connectivity index (χ3n) is 9.66. The summed E-state index contributed by atoms with van der Waals surface area (Å²) in [5.41, 5.74) is 0. The fourth-order valence-electron chi connectivity index (χ4n) is 6.93. The molecule has 0 aliphatic heterocycles. The Labute approximate surface area is 278 Å². The largest absolute Gasteiger partial charge is 0.386 e. The molecule has 2 atom stereocenters. The molecule has 0 aliphatic rings. The number of hydrogen-bond donors (Lipinski definition) is 2. The molecule has 5 nitrogen and oxygen atoms in total. The maximum Gasteiger partial charge on any atom is 0.115 e. The van der Waals surface area contributed by atoms with Gasteiger partial charge in [-0.05, 0) is 38.6 Å². The first kappa shape index (κ1) is 43.8. The van der Waals surface area contributed by atoms with E-state index in [9.17, 15) is 10.2 Å². The van der Waals surface area contributed by atoms with Crippen LogP contribution in [-0.2, 0) is 0 Å². The summed E-state index contributed by atoms with van der Waals surface area (Å²) >= 11 is 0. The summed E-state index contributed by atoms with van der Waals surface area (Å²) in [7, 11) is 9.11. The van der Waals surface area contributed by atoms with E-state index in [0.717, 1.165) is 48.1 Å². The van der Waals surface area contributed by atoms with Crippen molar-refractivity contribution in [3.8, 4) is 0 Å². The number of aliphatic hydroxyl groups is 2. The van der Waals surface area contributed by atoms with Gasteiger partial charge in [0.2, 0.25) is 0 Å². The van der Waals surface area contributed by atoms with Crippen molar-refractivity contribution in [2.24, 2.45) is 0 Å². The van der Waals surface area contributed by atoms with E-state index in [1.807, 2.05) is 0 Å². The van der Waals surface area contributed by atoms with Crippen molar-refractivity contribution >= 4 is 0 Å². The first-order chi connectivity index (χ1) is 21.0. The second-order valence-electron chi connectivity index (χ2n) is 15.8. The minimum atomic E-state index is -0.351. The Morgan fingerprint density at radius 1 is 0.409 bits per heavy atom. The molecule has 0 saturated carbocycles. The van der Waals surface area contributed by atoms with Crippen molar-refractivity contribution in [2.75, 3.05) is 74.0 Å². The van der Waals surface area contributed by atoms with Crippen molar-refractivity contribution in [1.82, 2.24) is 4.90 Å². The fourth-order valence-corrected chi connectivity index (χ4v) is 6.93. The van der Waals surface area contributed by atoms with E-state index < -0.39 is 0 Å². The number of quaternary nitrogens is 2. The molecule has 0 aromatic rings. The summed E-state index contributed by atoms with van der Waals surface area (Å²) in [4.78, 5) is 2.35. The molecule has 0 rings (SSSR count). The molecular weight excluding hydrogens is 542 g/mol. The molecule has 0 saturated heterocycles. The van der Waals surface area contributed by atoms with Crippen LogP contribution in [0.1, 0.15) is 168 Å². The van der Waals surface area contributed by atoms with Crippen LogP contribution < -0.4 is 0 Å². The zero-order valence-electron chi connectivity index (χ0n) is 31.6. The predicted octanol–water partition coefficient (Wildman–Crippen LogP) is 9.20. The van der Waals surface area contributed by atoms with Crippen LogP contribution in [0.3, 0.4) is 0 Å². The topological polar surface area (TPSA) is 43.7 Å². The van der Waals surface area contributed by atoms with Gasteiger partial charge in [0.1, 0.15) is 25.3 Å². The third kappa shape index (κ3) is 29.2. The standard InChI is InChI=1S/C39H85N3O2/c1-8-11-14-16-18-20-22-24-26-29-32-41(4,5)36-38(43)34-40(31-28-13-10-3)35-39(44)37-42(6,7)33-30-27-25-23-21-19-17-15-12-9-2/h38-39,43-44H,8-37H2,1-7H3/q+2. The first-order valence-corrected chi connectivity index (χ1v) is 19.8. The fraction of sp³-hybridized carbons (Fsp3) is 1.00. The molecule has 0 fully saturated rings. The van der Waals surface area contributed by atoms with Gasteiger partial charge in [0.15, 0.2) is 0 Å². The minimum Gasteiger partial charge on any atom is -0.386 e. The van der Waals surface area contributed by atoms with Crippen LogP contribution in [0.2, 0.25) is 0 Å². The van der Waals surface area contributed by atoms with Gasteiger partial charge >= 0.3 is 0 Å². The number of rotatable bonds is 34. The van der Waals surface area contributed by atoms with Crippen LogP contribution in [0.4, 0.5) is 0 Å². The Morgan fingerprint density at radius 2 is 0.682 bits per heavy atom. The van der Waals surface area contributed by atoms with Gasteiger partial charge in [-0.1, -0.05) is 136 Å². The van der Waals surface area contributed by atoms with E-state index in [2.05, 4.69) is 53.9 Å². The molecule has 0 aromatic heterocycles. The zero-order valence-corrected chi connectivity index (χ0v) is 31.6. The number of aliphatic hydroxyl groups excluding tert-OH is 2. The van der Waals surface area contributed by atoms with Gasteiger partial charge < -0.3 is 19.2 Å². The SMILES string of the molecule is CCCCCCCCCCCC[N+](C)(C)CC(O)CN(CCCCC)CC(O)C[N+](C)(C)CCCCCCCCCCCC. The molecule has 0 bridgehead atoms. The molecule has 0 aliphatic carbocycles. The van der Waals surface area contributed by atoms with Gasteiger partial charge in [-0.2, -0.15) is 0 Å². The quantitative estimate of drug-likeness (QED) is 0.0552. The van der Waals surface area contributed by atoms with Crippen LogP contribution >= 0.6 is 0 Å². The Hall–Kier alpha value is -0.200. The van der Waals surface area contributed by atoms with Crippen molar-refractivity contribution in [2.45, 2.75) is 181 Å². The van der Waals surface area contributed by atoms with E-state index in [4.69, 9.17) is 0 Å². The Morgan fingerprint density at radius 3 is 1.00 bits per heavy atom. The summed E-state index contributed by atoms with van der Waals surface area (Å²) in [5.74, 6) is 0. The van der Waals surface area contributed by atoms with Gasteiger partial charge in [0.05, 0.1) is 41.3 Å². The number of likely N-dealkylation sites (N-methyl/N-ethyl adjacent to an activating group) is 2. The van der Waals surface area contributed by atoms with E-state index in [0.29, 0.717) is 13.1 Å². The number of nitrogens with zero attached hydrogens (tertiary/aromatic N) is 3. The normalized spacial score (nSPS) is 14.0. The highest BCUT2D eigenvalue weighted by molar-refractivity contribution is 4.70. The van der Waals surface area contributed by atoms with Crippen LogP contribution in [-0.4, -0.2) is 110 Å². The Balaban J connectivity index is 4.39. The summed E-state index contributed by atoms with van der Waals surface area (Å²) in [6.45, 7) is 13.0. The van der Waals surface area contributed by atoms with E-state index >= 15 is 0 Å². The lowest BCUT2D eigenvalue weighted by atomic mass is 10.1. The molecule has 0 aromatic carbocycles. The van der Waals surface area contributed by atoms with Crippen LogP contribution in [0.15, 0.2) is 0 Å². The minimum absolute atomic E-state index is 0.351. The highest BCUT2D eigenvalue weighted by Crippen LogP contribution is 2.14. The summed E-state index contributed by atoms with van der Waals surface area (Å²) in [6, 6.07) is 0. The van der Waals surface area contributed by atoms with Crippen LogP contribution in [0.25, 0.3) is 0 Å². The average Bonchev–Trinajstić information content (AvgIpc) is 2.94. The van der Waals surface area contributed by atoms with Crippen molar-refractivity contribution in [3.05, 3.63) is 0 Å². The third-order valence-corrected chi connectivity index (χ3v) is 9.66. The molecule has 0 radical (unpaired) electrons. The van der Waals surface area contributed by atoms with Gasteiger partial charge in [-0.3, -0.25) is 4.90 Å². The number of hydrogen-bond acceptors (Lipinski definition) is 3. The lowest BCUT2D eigenvalue weighted by Gasteiger charge is -2.36. The van der Waals surface area contributed by atoms with Crippen molar-refractivity contribution in [1.29, 1.82) is 0 Å². The van der Waals surface area contributed by atoms with E-state index in [1.54, 1.807) is 0 Å². The van der Waals surface area contributed by atoms with Gasteiger partial charge in [-0.25, -0.2) is 0 Å². The van der Waals surface area contributed by atoms with Crippen molar-refractivity contribution < 1.29 is 19.2 Å². The molecule has 0 spiro atoms.